The number of hydrogen-bond acceptors (Lipinski definition) is 5. The fourth-order valence-electron chi connectivity index (χ4n) is 3.44. The van der Waals surface area contributed by atoms with Gasteiger partial charge in [-0.05, 0) is 50.4 Å². The van der Waals surface area contributed by atoms with E-state index in [0.717, 1.165) is 23.0 Å². The smallest absolute Gasteiger partial charge is 0.266 e. The second-order valence-electron chi connectivity index (χ2n) is 8.93. The van der Waals surface area contributed by atoms with E-state index >= 15 is 0 Å². The summed E-state index contributed by atoms with van der Waals surface area (Å²) in [6.45, 7) is 17.8. The average Bonchev–Trinajstić information content (AvgIpc) is 3.31. The first-order chi connectivity index (χ1) is 18.0. The van der Waals surface area contributed by atoms with Crippen LogP contribution < -0.4 is 11.1 Å². The van der Waals surface area contributed by atoms with Gasteiger partial charge in [-0.15, -0.1) is 0 Å². The van der Waals surface area contributed by atoms with E-state index in [1.165, 1.54) is 38.1 Å². The molecule has 1 aliphatic heterocycles. The van der Waals surface area contributed by atoms with Crippen LogP contribution in [0.25, 0.3) is 0 Å². The minimum Gasteiger partial charge on any atom is -0.332 e. The molecule has 0 bridgehead atoms. The van der Waals surface area contributed by atoms with Crippen LogP contribution in [0.1, 0.15) is 95.3 Å². The minimum atomic E-state index is -2.78. The molecule has 0 aliphatic carbocycles. The van der Waals surface area contributed by atoms with E-state index in [1.54, 1.807) is 0 Å². The standard InChI is InChI=1S/C12H16ClN3O.C8H8F3N.C6H15N.C2H6/c1-7(2)4-11(17)16-5-9-8(3)14-12(13)15-10(9)6-16;9-7-5(4-12)2-1-3-6(7)8(10)11;1-3-5-7-6-4-2;1-2/h7H,4-6H2,1-3H3;1-3,8H,4,12H2;7H,3-6H2,1-2H3;1-2H3. The normalized spacial score (nSPS) is 11.7. The van der Waals surface area contributed by atoms with Crippen molar-refractivity contribution in [1.29, 1.82) is 0 Å². The first kappa shape index (κ1) is 35.8. The number of halogens is 4. The molecule has 2 heterocycles. The number of carbonyl (C=O) groups excluding carboxylic acids is 1. The van der Waals surface area contributed by atoms with E-state index in [9.17, 15) is 18.0 Å². The lowest BCUT2D eigenvalue weighted by Gasteiger charge is -2.16. The number of aryl methyl sites for hydroxylation is 1. The number of aromatic nitrogens is 2. The van der Waals surface area contributed by atoms with Gasteiger partial charge in [0.15, 0.2) is 0 Å². The first-order valence-electron chi connectivity index (χ1n) is 13.3. The summed E-state index contributed by atoms with van der Waals surface area (Å²) in [5, 5.41) is 3.55. The van der Waals surface area contributed by atoms with Crippen molar-refractivity contribution in [2.75, 3.05) is 13.1 Å². The molecule has 2 aromatic rings. The Kier molecular flexibility index (Phi) is 18.6. The van der Waals surface area contributed by atoms with Gasteiger partial charge in [-0.3, -0.25) is 4.79 Å². The highest BCUT2D eigenvalue weighted by atomic mass is 35.5. The number of nitrogens with zero attached hydrogens (tertiary/aromatic N) is 3. The van der Waals surface area contributed by atoms with Crippen molar-refractivity contribution in [2.24, 2.45) is 11.7 Å². The van der Waals surface area contributed by atoms with Gasteiger partial charge in [-0.2, -0.15) is 0 Å². The zero-order valence-electron chi connectivity index (χ0n) is 23.9. The number of hydrogen-bond donors (Lipinski definition) is 2. The predicted molar refractivity (Wildman–Crippen MR) is 150 cm³/mol. The summed E-state index contributed by atoms with van der Waals surface area (Å²) in [4.78, 5) is 22.1. The maximum absolute atomic E-state index is 13.0. The molecular formula is C28H45ClF3N5O. The number of nitrogens with two attached hydrogens (primary N) is 1. The first-order valence-corrected chi connectivity index (χ1v) is 13.7. The molecule has 0 saturated heterocycles. The molecule has 1 aromatic heterocycles. The zero-order valence-corrected chi connectivity index (χ0v) is 24.6. The van der Waals surface area contributed by atoms with Gasteiger partial charge >= 0.3 is 0 Å². The Morgan fingerprint density at radius 2 is 1.74 bits per heavy atom. The highest BCUT2D eigenvalue weighted by molar-refractivity contribution is 6.28. The molecular weight excluding hydrogens is 515 g/mol. The van der Waals surface area contributed by atoms with Crippen LogP contribution in [0.15, 0.2) is 18.2 Å². The molecule has 0 atom stereocenters. The quantitative estimate of drug-likeness (QED) is 0.269. The van der Waals surface area contributed by atoms with Crippen LogP contribution in [0.5, 0.6) is 0 Å². The molecule has 0 fully saturated rings. The third kappa shape index (κ3) is 12.5. The number of fused-ring (bicyclic) bond motifs is 1. The third-order valence-electron chi connectivity index (χ3n) is 5.31. The minimum absolute atomic E-state index is 0.0631. The maximum atomic E-state index is 13.0. The van der Waals surface area contributed by atoms with Crippen molar-refractivity contribution in [3.8, 4) is 0 Å². The van der Waals surface area contributed by atoms with E-state index in [4.69, 9.17) is 17.3 Å². The molecule has 10 heteroatoms. The molecule has 3 N–H and O–H groups in total. The van der Waals surface area contributed by atoms with Crippen LogP contribution in [0.4, 0.5) is 13.2 Å². The van der Waals surface area contributed by atoms with Crippen LogP contribution in [0.2, 0.25) is 5.28 Å². The lowest BCUT2D eigenvalue weighted by molar-refractivity contribution is -0.132. The summed E-state index contributed by atoms with van der Waals surface area (Å²) < 4.78 is 37.1. The molecule has 0 unspecified atom stereocenters. The summed E-state index contributed by atoms with van der Waals surface area (Å²) in [7, 11) is 0. The number of nitrogens with one attached hydrogen (secondary N) is 1. The highest BCUT2D eigenvalue weighted by Crippen LogP contribution is 2.26. The van der Waals surface area contributed by atoms with Gasteiger partial charge in [0, 0.05) is 36.3 Å². The van der Waals surface area contributed by atoms with Gasteiger partial charge in [-0.25, -0.2) is 23.1 Å². The van der Waals surface area contributed by atoms with Gasteiger partial charge in [-0.1, -0.05) is 59.7 Å². The zero-order chi connectivity index (χ0) is 29.3. The van der Waals surface area contributed by atoms with Crippen molar-refractivity contribution in [3.63, 3.8) is 0 Å². The van der Waals surface area contributed by atoms with Crippen LogP contribution in [0, 0.1) is 18.7 Å². The summed E-state index contributed by atoms with van der Waals surface area (Å²) in [6.07, 6.45) is 0.297. The Balaban J connectivity index is 0.000000570. The van der Waals surface area contributed by atoms with Gasteiger partial charge in [0.1, 0.15) is 5.82 Å². The number of alkyl halides is 2. The molecule has 0 saturated carbocycles. The molecule has 1 amide bonds. The van der Waals surface area contributed by atoms with Crippen LogP contribution in [-0.2, 0) is 24.4 Å². The summed E-state index contributed by atoms with van der Waals surface area (Å²) in [5.41, 5.74) is 7.48. The number of rotatable bonds is 8. The Morgan fingerprint density at radius 3 is 2.24 bits per heavy atom. The van der Waals surface area contributed by atoms with Crippen LogP contribution >= 0.6 is 11.6 Å². The Morgan fingerprint density at radius 1 is 1.13 bits per heavy atom. The number of benzene rings is 1. The van der Waals surface area contributed by atoms with Crippen molar-refractivity contribution in [2.45, 2.75) is 93.8 Å². The van der Waals surface area contributed by atoms with Crippen molar-refractivity contribution in [1.82, 2.24) is 20.2 Å². The second-order valence-corrected chi connectivity index (χ2v) is 9.26. The van der Waals surface area contributed by atoms with Gasteiger partial charge in [0.25, 0.3) is 6.43 Å². The molecule has 3 rings (SSSR count). The topological polar surface area (TPSA) is 84.1 Å². The van der Waals surface area contributed by atoms with Gasteiger partial charge in [0.05, 0.1) is 17.8 Å². The summed E-state index contributed by atoms with van der Waals surface area (Å²) in [5.74, 6) is -0.342. The monoisotopic (exact) mass is 559 g/mol. The Hall–Kier alpha value is -2.23. The second kappa shape index (κ2) is 19.8. The SMILES string of the molecule is CC.CCCNCCC.Cc1nc(Cl)nc2c1CN(C(=O)CC(C)C)C2.NCc1cccc(C(F)F)c1F. The van der Waals surface area contributed by atoms with E-state index in [1.807, 2.05) is 39.5 Å². The van der Waals surface area contributed by atoms with Crippen molar-refractivity contribution >= 4 is 17.5 Å². The fourth-order valence-corrected chi connectivity index (χ4v) is 3.67. The highest BCUT2D eigenvalue weighted by Gasteiger charge is 2.27. The summed E-state index contributed by atoms with van der Waals surface area (Å²) in [6, 6.07) is 3.81. The molecule has 38 heavy (non-hydrogen) atoms. The molecule has 0 spiro atoms. The van der Waals surface area contributed by atoms with Crippen molar-refractivity contribution in [3.05, 3.63) is 57.4 Å². The van der Waals surface area contributed by atoms with E-state index in [0.29, 0.717) is 25.4 Å². The average molecular weight is 560 g/mol. The number of carbonyl (C=O) groups is 1. The van der Waals surface area contributed by atoms with Gasteiger partial charge < -0.3 is 16.0 Å². The Bertz CT molecular complexity index is 956. The van der Waals surface area contributed by atoms with Crippen LogP contribution in [0.3, 0.4) is 0 Å². The lowest BCUT2D eigenvalue weighted by atomic mass is 10.1. The predicted octanol–water partition coefficient (Wildman–Crippen LogP) is 6.97. The lowest BCUT2D eigenvalue weighted by Crippen LogP contribution is -2.26. The molecule has 1 aliphatic rings. The maximum Gasteiger partial charge on any atom is 0.266 e. The fraction of sp³-hybridized carbons (Fsp3) is 0.607. The molecule has 216 valence electrons. The molecule has 1 aromatic carbocycles. The van der Waals surface area contributed by atoms with Gasteiger partial charge in [0.2, 0.25) is 11.2 Å². The Labute approximate surface area is 231 Å². The van der Waals surface area contributed by atoms with E-state index in [2.05, 4.69) is 29.1 Å². The largest absolute Gasteiger partial charge is 0.332 e. The van der Waals surface area contributed by atoms with E-state index in [-0.39, 0.29) is 23.3 Å². The van der Waals surface area contributed by atoms with Crippen molar-refractivity contribution < 1.29 is 18.0 Å². The van der Waals surface area contributed by atoms with Crippen LogP contribution in [-0.4, -0.2) is 33.9 Å². The van der Waals surface area contributed by atoms with E-state index < -0.39 is 17.8 Å². The third-order valence-corrected chi connectivity index (χ3v) is 5.48. The molecule has 6 nitrogen and oxygen atoms in total. The summed E-state index contributed by atoms with van der Waals surface area (Å²) >= 11 is 5.81. The molecule has 0 radical (unpaired) electrons. The number of amides is 1.